The van der Waals surface area contributed by atoms with E-state index in [1.54, 1.807) is 6.92 Å². The molecule has 0 aliphatic rings. The Kier molecular flexibility index (Phi) is 9.40. The molecule has 172 valence electrons. The van der Waals surface area contributed by atoms with Gasteiger partial charge in [-0.2, -0.15) is 0 Å². The number of anilines is 2. The first-order valence-corrected chi connectivity index (χ1v) is 11.0. The number of carbonyl (C=O) groups is 3. The van der Waals surface area contributed by atoms with E-state index in [1.807, 2.05) is 75.1 Å². The number of aryl methyl sites for hydroxylation is 3. The molecule has 3 amide bonds. The summed E-state index contributed by atoms with van der Waals surface area (Å²) in [5, 5.41) is 8.45. The molecule has 1 atom stereocenters. The van der Waals surface area contributed by atoms with Crippen LogP contribution in [-0.2, 0) is 14.4 Å². The second-order valence-electron chi connectivity index (χ2n) is 8.04. The Morgan fingerprint density at radius 1 is 0.875 bits per heavy atom. The fourth-order valence-corrected chi connectivity index (χ4v) is 3.46. The van der Waals surface area contributed by atoms with E-state index in [0.29, 0.717) is 6.54 Å². The number of benzene rings is 2. The topological polar surface area (TPSA) is 90.5 Å². The van der Waals surface area contributed by atoms with Crippen LogP contribution in [0.1, 0.15) is 37.0 Å². The SMILES string of the molecule is CCCN(CC(=O)Nc1ccccc1C)C(C)C(=O)NCC(=O)Nc1c(C)cccc1C. The highest BCUT2D eigenvalue weighted by atomic mass is 16.2. The summed E-state index contributed by atoms with van der Waals surface area (Å²) in [4.78, 5) is 39.4. The van der Waals surface area contributed by atoms with Gasteiger partial charge in [-0.15, -0.1) is 0 Å². The first-order chi connectivity index (χ1) is 15.2. The second kappa shape index (κ2) is 12.0. The van der Waals surface area contributed by atoms with E-state index in [0.717, 1.165) is 34.5 Å². The number of nitrogens with one attached hydrogen (secondary N) is 3. The standard InChI is InChI=1S/C25H34N4O3/c1-6-14-29(16-23(31)27-21-13-8-7-10-17(21)2)20(5)25(32)26-15-22(30)28-24-18(3)11-9-12-19(24)4/h7-13,20H,6,14-16H2,1-5H3,(H,26,32)(H,27,31)(H,28,30). The van der Waals surface area contributed by atoms with Crippen molar-refractivity contribution in [3.63, 3.8) is 0 Å². The highest BCUT2D eigenvalue weighted by Crippen LogP contribution is 2.19. The number of carbonyl (C=O) groups excluding carboxylic acids is 3. The molecule has 1 unspecified atom stereocenters. The summed E-state index contributed by atoms with van der Waals surface area (Å²) in [6.45, 7) is 10.1. The van der Waals surface area contributed by atoms with Crippen LogP contribution in [0.4, 0.5) is 11.4 Å². The summed E-state index contributed by atoms with van der Waals surface area (Å²) < 4.78 is 0. The Bertz CT molecular complexity index is 938. The lowest BCUT2D eigenvalue weighted by Crippen LogP contribution is -2.49. The van der Waals surface area contributed by atoms with E-state index in [4.69, 9.17) is 0 Å². The summed E-state index contributed by atoms with van der Waals surface area (Å²) >= 11 is 0. The van der Waals surface area contributed by atoms with Crippen molar-refractivity contribution < 1.29 is 14.4 Å². The summed E-state index contributed by atoms with van der Waals surface area (Å²) in [6.07, 6.45) is 0.794. The van der Waals surface area contributed by atoms with Crippen molar-refractivity contribution in [3.05, 3.63) is 59.2 Å². The van der Waals surface area contributed by atoms with Crippen LogP contribution in [-0.4, -0.2) is 48.3 Å². The molecule has 0 heterocycles. The van der Waals surface area contributed by atoms with Gasteiger partial charge in [0.15, 0.2) is 0 Å². The average Bonchev–Trinajstić information content (AvgIpc) is 2.75. The molecule has 2 aromatic carbocycles. The van der Waals surface area contributed by atoms with Gasteiger partial charge in [0, 0.05) is 11.4 Å². The van der Waals surface area contributed by atoms with Crippen LogP contribution < -0.4 is 16.0 Å². The fraction of sp³-hybridized carbons (Fsp3) is 0.400. The third-order valence-corrected chi connectivity index (χ3v) is 5.37. The van der Waals surface area contributed by atoms with Crippen LogP contribution in [0.5, 0.6) is 0 Å². The first-order valence-electron chi connectivity index (χ1n) is 11.0. The maximum absolute atomic E-state index is 12.7. The molecule has 32 heavy (non-hydrogen) atoms. The fourth-order valence-electron chi connectivity index (χ4n) is 3.46. The Balaban J connectivity index is 1.91. The van der Waals surface area contributed by atoms with Gasteiger partial charge < -0.3 is 16.0 Å². The van der Waals surface area contributed by atoms with Crippen LogP contribution in [0.2, 0.25) is 0 Å². The molecule has 2 rings (SSSR count). The molecule has 3 N–H and O–H groups in total. The largest absolute Gasteiger partial charge is 0.346 e. The van der Waals surface area contributed by atoms with Crippen molar-refractivity contribution >= 4 is 29.1 Å². The molecule has 0 fully saturated rings. The van der Waals surface area contributed by atoms with E-state index in [-0.39, 0.29) is 30.8 Å². The van der Waals surface area contributed by atoms with Gasteiger partial charge in [-0.25, -0.2) is 0 Å². The molecule has 0 saturated carbocycles. The zero-order chi connectivity index (χ0) is 23.7. The highest BCUT2D eigenvalue weighted by molar-refractivity contribution is 5.97. The minimum Gasteiger partial charge on any atom is -0.346 e. The van der Waals surface area contributed by atoms with E-state index in [1.165, 1.54) is 0 Å². The van der Waals surface area contributed by atoms with E-state index in [9.17, 15) is 14.4 Å². The lowest BCUT2D eigenvalue weighted by atomic mass is 10.1. The Morgan fingerprint density at radius 2 is 1.50 bits per heavy atom. The van der Waals surface area contributed by atoms with Gasteiger partial charge in [-0.1, -0.05) is 43.3 Å². The number of hydrogen-bond donors (Lipinski definition) is 3. The monoisotopic (exact) mass is 438 g/mol. The molecule has 7 nitrogen and oxygen atoms in total. The normalized spacial score (nSPS) is 11.7. The van der Waals surface area contributed by atoms with Gasteiger partial charge >= 0.3 is 0 Å². The lowest BCUT2D eigenvalue weighted by Gasteiger charge is -2.27. The van der Waals surface area contributed by atoms with Crippen molar-refractivity contribution in [3.8, 4) is 0 Å². The molecular formula is C25H34N4O3. The van der Waals surface area contributed by atoms with Crippen molar-refractivity contribution in [1.82, 2.24) is 10.2 Å². The molecule has 0 bridgehead atoms. The maximum Gasteiger partial charge on any atom is 0.243 e. The molecule has 0 saturated heterocycles. The zero-order valence-electron chi connectivity index (χ0n) is 19.6. The predicted octanol–water partition coefficient (Wildman–Crippen LogP) is 3.41. The number of nitrogens with zero attached hydrogens (tertiary/aromatic N) is 1. The van der Waals surface area contributed by atoms with E-state index < -0.39 is 6.04 Å². The molecule has 0 aliphatic heterocycles. The van der Waals surface area contributed by atoms with Gasteiger partial charge in [0.25, 0.3) is 0 Å². The summed E-state index contributed by atoms with van der Waals surface area (Å²) in [5.41, 5.74) is 4.43. The van der Waals surface area contributed by atoms with Crippen LogP contribution in [0.15, 0.2) is 42.5 Å². The zero-order valence-corrected chi connectivity index (χ0v) is 19.6. The number of para-hydroxylation sites is 2. The van der Waals surface area contributed by atoms with Crippen molar-refractivity contribution in [2.45, 2.75) is 47.1 Å². The van der Waals surface area contributed by atoms with Crippen LogP contribution in [0.3, 0.4) is 0 Å². The Hall–Kier alpha value is -3.19. The number of hydrogen-bond acceptors (Lipinski definition) is 4. The van der Waals surface area contributed by atoms with Gasteiger partial charge in [0.1, 0.15) is 0 Å². The maximum atomic E-state index is 12.7. The number of rotatable bonds is 10. The molecule has 0 aliphatic carbocycles. The smallest absolute Gasteiger partial charge is 0.243 e. The van der Waals surface area contributed by atoms with Crippen LogP contribution in [0.25, 0.3) is 0 Å². The van der Waals surface area contributed by atoms with Crippen molar-refractivity contribution in [1.29, 1.82) is 0 Å². The average molecular weight is 439 g/mol. The highest BCUT2D eigenvalue weighted by Gasteiger charge is 2.23. The quantitative estimate of drug-likeness (QED) is 0.530. The van der Waals surface area contributed by atoms with Crippen LogP contribution >= 0.6 is 0 Å². The molecule has 0 spiro atoms. The van der Waals surface area contributed by atoms with E-state index in [2.05, 4.69) is 16.0 Å². The van der Waals surface area contributed by atoms with Gasteiger partial charge in [-0.05, 0) is 63.4 Å². The van der Waals surface area contributed by atoms with Gasteiger partial charge in [-0.3, -0.25) is 19.3 Å². The Labute approximate surface area is 190 Å². The molecule has 0 radical (unpaired) electrons. The minimum absolute atomic E-state index is 0.0887. The predicted molar refractivity (Wildman–Crippen MR) is 129 cm³/mol. The molecule has 0 aromatic heterocycles. The van der Waals surface area contributed by atoms with Crippen molar-refractivity contribution in [2.75, 3.05) is 30.3 Å². The molecule has 2 aromatic rings. The minimum atomic E-state index is -0.550. The third-order valence-electron chi connectivity index (χ3n) is 5.37. The van der Waals surface area contributed by atoms with Gasteiger partial charge in [0.2, 0.25) is 17.7 Å². The van der Waals surface area contributed by atoms with Crippen molar-refractivity contribution in [2.24, 2.45) is 0 Å². The van der Waals surface area contributed by atoms with Crippen LogP contribution in [0, 0.1) is 20.8 Å². The molecule has 7 heteroatoms. The first kappa shape index (κ1) is 25.1. The number of amides is 3. The molecular weight excluding hydrogens is 404 g/mol. The summed E-state index contributed by atoms with van der Waals surface area (Å²) in [5.74, 6) is -0.763. The van der Waals surface area contributed by atoms with Gasteiger partial charge in [0.05, 0.1) is 19.1 Å². The summed E-state index contributed by atoms with van der Waals surface area (Å²) in [6, 6.07) is 12.8. The third kappa shape index (κ3) is 7.20. The second-order valence-corrected chi connectivity index (χ2v) is 8.04. The summed E-state index contributed by atoms with van der Waals surface area (Å²) in [7, 11) is 0. The lowest BCUT2D eigenvalue weighted by molar-refractivity contribution is -0.129. The van der Waals surface area contributed by atoms with E-state index >= 15 is 0 Å². The Morgan fingerprint density at radius 3 is 2.12 bits per heavy atom.